The first-order valence-corrected chi connectivity index (χ1v) is 10.4. The highest BCUT2D eigenvalue weighted by Gasteiger charge is 2.15. The summed E-state index contributed by atoms with van der Waals surface area (Å²) >= 11 is 1.52. The molecule has 0 bridgehead atoms. The number of hydrazone groups is 1. The van der Waals surface area contributed by atoms with Crippen LogP contribution in [0.5, 0.6) is 5.75 Å². The number of amides is 1. The molecule has 7 heteroatoms. The van der Waals surface area contributed by atoms with E-state index in [2.05, 4.69) is 27.8 Å². The molecule has 0 radical (unpaired) electrons. The lowest BCUT2D eigenvalue weighted by atomic mass is 10.1. The first kappa shape index (κ1) is 20.8. The zero-order valence-electron chi connectivity index (χ0n) is 17.4. The summed E-state index contributed by atoms with van der Waals surface area (Å²) in [5.74, 6) is 0.624. The van der Waals surface area contributed by atoms with E-state index >= 15 is 0 Å². The molecule has 0 fully saturated rings. The fourth-order valence-corrected chi connectivity index (χ4v) is 3.79. The predicted octanol–water partition coefficient (Wildman–Crippen LogP) is 5.76. The SMILES string of the molecule is CCCOc1ccc(C(=O)Nc2c(C)cc3nc(NN=C(C)C)sc3c2C)cc1. The standard InChI is InChI=1S/C22H26N4O2S/c1-6-11-28-17-9-7-16(8-10-17)21(27)24-19-14(4)12-18-20(15(19)5)29-22(23-18)26-25-13(2)3/h7-10,12H,6,11H2,1-5H3,(H,23,26)(H,24,27). The maximum absolute atomic E-state index is 12.8. The maximum atomic E-state index is 12.8. The number of anilines is 2. The lowest BCUT2D eigenvalue weighted by molar-refractivity contribution is 0.102. The van der Waals surface area contributed by atoms with Gasteiger partial charge < -0.3 is 10.1 Å². The largest absolute Gasteiger partial charge is 0.494 e. The molecule has 0 aliphatic carbocycles. The Morgan fingerprint density at radius 2 is 1.93 bits per heavy atom. The van der Waals surface area contributed by atoms with Crippen molar-refractivity contribution in [1.82, 2.24) is 4.98 Å². The second kappa shape index (κ2) is 9.05. The van der Waals surface area contributed by atoms with E-state index in [1.165, 1.54) is 11.3 Å². The van der Waals surface area contributed by atoms with E-state index in [0.29, 0.717) is 12.2 Å². The van der Waals surface area contributed by atoms with E-state index < -0.39 is 0 Å². The van der Waals surface area contributed by atoms with Crippen molar-refractivity contribution < 1.29 is 9.53 Å². The number of carbonyl (C=O) groups is 1. The molecule has 2 N–H and O–H groups in total. The number of rotatable bonds is 7. The van der Waals surface area contributed by atoms with E-state index in [0.717, 1.165) is 50.0 Å². The molecule has 1 heterocycles. The van der Waals surface area contributed by atoms with Crippen LogP contribution in [0.15, 0.2) is 35.4 Å². The van der Waals surface area contributed by atoms with Gasteiger partial charge in [-0.25, -0.2) is 4.98 Å². The number of ether oxygens (including phenoxy) is 1. The van der Waals surface area contributed by atoms with Gasteiger partial charge in [-0.1, -0.05) is 18.3 Å². The van der Waals surface area contributed by atoms with Gasteiger partial charge in [0.05, 0.1) is 16.8 Å². The van der Waals surface area contributed by atoms with Gasteiger partial charge in [0.25, 0.3) is 5.91 Å². The van der Waals surface area contributed by atoms with Crippen LogP contribution in [0.25, 0.3) is 10.2 Å². The van der Waals surface area contributed by atoms with Crippen LogP contribution < -0.4 is 15.5 Å². The van der Waals surface area contributed by atoms with Gasteiger partial charge in [0.2, 0.25) is 5.13 Å². The number of fused-ring (bicyclic) bond motifs is 1. The van der Waals surface area contributed by atoms with Gasteiger partial charge in [-0.2, -0.15) is 5.10 Å². The molecule has 0 saturated heterocycles. The molecule has 0 aliphatic heterocycles. The minimum absolute atomic E-state index is 0.147. The molecular weight excluding hydrogens is 384 g/mol. The molecule has 2 aromatic carbocycles. The van der Waals surface area contributed by atoms with E-state index in [-0.39, 0.29) is 5.91 Å². The van der Waals surface area contributed by atoms with Crippen LogP contribution in [0, 0.1) is 13.8 Å². The number of nitrogens with zero attached hydrogens (tertiary/aromatic N) is 2. The van der Waals surface area contributed by atoms with Gasteiger partial charge in [-0.3, -0.25) is 10.2 Å². The van der Waals surface area contributed by atoms with Gasteiger partial charge in [-0.15, -0.1) is 0 Å². The predicted molar refractivity (Wildman–Crippen MR) is 122 cm³/mol. The Morgan fingerprint density at radius 3 is 2.59 bits per heavy atom. The van der Waals surface area contributed by atoms with Crippen LogP contribution in [0.4, 0.5) is 10.8 Å². The van der Waals surface area contributed by atoms with Crippen molar-refractivity contribution in [2.45, 2.75) is 41.0 Å². The summed E-state index contributed by atoms with van der Waals surface area (Å²) in [7, 11) is 0. The monoisotopic (exact) mass is 410 g/mol. The van der Waals surface area contributed by atoms with Crippen molar-refractivity contribution in [1.29, 1.82) is 0 Å². The van der Waals surface area contributed by atoms with Gasteiger partial charge in [-0.05, 0) is 75.6 Å². The third kappa shape index (κ3) is 4.92. The van der Waals surface area contributed by atoms with Crippen molar-refractivity contribution in [2.24, 2.45) is 5.10 Å². The lowest BCUT2D eigenvalue weighted by Gasteiger charge is -2.13. The molecular formula is C22H26N4O2S. The Hall–Kier alpha value is -2.93. The Kier molecular flexibility index (Phi) is 6.49. The number of hydrogen-bond donors (Lipinski definition) is 2. The molecule has 0 spiro atoms. The average Bonchev–Trinajstić information content (AvgIpc) is 3.11. The van der Waals surface area contributed by atoms with Crippen molar-refractivity contribution in [2.75, 3.05) is 17.3 Å². The summed E-state index contributed by atoms with van der Waals surface area (Å²) in [6.45, 7) is 10.5. The minimum atomic E-state index is -0.147. The second-order valence-corrected chi connectivity index (χ2v) is 8.06. The average molecular weight is 411 g/mol. The van der Waals surface area contributed by atoms with E-state index in [9.17, 15) is 4.79 Å². The first-order chi connectivity index (χ1) is 13.9. The molecule has 1 aromatic heterocycles. The Balaban J connectivity index is 1.83. The molecule has 152 valence electrons. The first-order valence-electron chi connectivity index (χ1n) is 9.61. The Labute approximate surface area is 175 Å². The highest BCUT2D eigenvalue weighted by Crippen LogP contribution is 2.35. The van der Waals surface area contributed by atoms with E-state index in [1.807, 2.05) is 45.9 Å². The molecule has 6 nitrogen and oxygen atoms in total. The zero-order chi connectivity index (χ0) is 21.0. The second-order valence-electron chi connectivity index (χ2n) is 7.06. The topological polar surface area (TPSA) is 75.6 Å². The van der Waals surface area contributed by atoms with Crippen molar-refractivity contribution in [3.63, 3.8) is 0 Å². The Morgan fingerprint density at radius 1 is 1.21 bits per heavy atom. The Bertz CT molecular complexity index is 1050. The number of nitrogens with one attached hydrogen (secondary N) is 2. The van der Waals surface area contributed by atoms with E-state index in [1.54, 1.807) is 12.1 Å². The fourth-order valence-electron chi connectivity index (χ4n) is 2.89. The van der Waals surface area contributed by atoms with Crippen molar-refractivity contribution in [3.8, 4) is 5.75 Å². The molecule has 0 unspecified atom stereocenters. The van der Waals surface area contributed by atoms with Crippen LogP contribution in [-0.4, -0.2) is 23.2 Å². The highest BCUT2D eigenvalue weighted by atomic mass is 32.1. The van der Waals surface area contributed by atoms with Crippen LogP contribution in [0.2, 0.25) is 0 Å². The van der Waals surface area contributed by atoms with Gasteiger partial charge in [0.15, 0.2) is 0 Å². The van der Waals surface area contributed by atoms with Crippen molar-refractivity contribution in [3.05, 3.63) is 47.0 Å². The summed E-state index contributed by atoms with van der Waals surface area (Å²) in [6, 6.07) is 9.20. The number of aryl methyl sites for hydroxylation is 2. The summed E-state index contributed by atoms with van der Waals surface area (Å²) < 4.78 is 6.61. The van der Waals surface area contributed by atoms with Crippen LogP contribution in [-0.2, 0) is 0 Å². The molecule has 0 aliphatic rings. The zero-order valence-corrected chi connectivity index (χ0v) is 18.2. The smallest absolute Gasteiger partial charge is 0.255 e. The van der Waals surface area contributed by atoms with Crippen LogP contribution >= 0.6 is 11.3 Å². The number of benzene rings is 2. The number of aromatic nitrogens is 1. The van der Waals surface area contributed by atoms with Crippen molar-refractivity contribution >= 4 is 44.0 Å². The normalized spacial score (nSPS) is 10.7. The molecule has 0 atom stereocenters. The fraction of sp³-hybridized carbons (Fsp3) is 0.318. The molecule has 3 aromatic rings. The summed E-state index contributed by atoms with van der Waals surface area (Å²) in [4.78, 5) is 17.4. The number of hydrogen-bond acceptors (Lipinski definition) is 6. The van der Waals surface area contributed by atoms with Crippen LogP contribution in [0.3, 0.4) is 0 Å². The quantitative estimate of drug-likeness (QED) is 0.383. The summed E-state index contributed by atoms with van der Waals surface area (Å²) in [5.41, 5.74) is 8.18. The summed E-state index contributed by atoms with van der Waals surface area (Å²) in [6.07, 6.45) is 0.947. The summed E-state index contributed by atoms with van der Waals surface area (Å²) in [5, 5.41) is 8.00. The molecule has 3 rings (SSSR count). The van der Waals surface area contributed by atoms with Gasteiger partial charge >= 0.3 is 0 Å². The lowest BCUT2D eigenvalue weighted by Crippen LogP contribution is -2.13. The van der Waals surface area contributed by atoms with Crippen LogP contribution in [0.1, 0.15) is 48.7 Å². The molecule has 1 amide bonds. The third-order valence-electron chi connectivity index (χ3n) is 4.32. The van der Waals surface area contributed by atoms with Gasteiger partial charge in [0, 0.05) is 17.0 Å². The maximum Gasteiger partial charge on any atom is 0.255 e. The van der Waals surface area contributed by atoms with E-state index in [4.69, 9.17) is 4.74 Å². The molecule has 29 heavy (non-hydrogen) atoms. The van der Waals surface area contributed by atoms with Gasteiger partial charge in [0.1, 0.15) is 5.75 Å². The number of thiazole rings is 1. The number of carbonyl (C=O) groups excluding carboxylic acids is 1. The molecule has 0 saturated carbocycles. The highest BCUT2D eigenvalue weighted by molar-refractivity contribution is 7.22. The third-order valence-corrected chi connectivity index (χ3v) is 5.41. The minimum Gasteiger partial charge on any atom is -0.494 e.